The largest absolute Gasteiger partial charge is 0.477 e. The molecule has 0 aromatic heterocycles. The van der Waals surface area contributed by atoms with E-state index in [1.165, 1.54) is 40.3 Å². The number of carbonyl (C=O) groups excluding carboxylic acids is 3. The number of hydrogen-bond donors (Lipinski definition) is 3. The van der Waals surface area contributed by atoms with Gasteiger partial charge >= 0.3 is 5.97 Å². The zero-order chi connectivity index (χ0) is 24.1. The van der Waals surface area contributed by atoms with Crippen LogP contribution >= 0.6 is 11.8 Å². The standard InChI is InChI=1S/C21H31N3O7S/c1-9(25)6-14(27)23-8-12(7-13(23)19(28)22(4)5)32-18-10(2)16-15(11(3)26)20(29)24(16)17(18)21(30)31/h9-13,15-16,25-26H,6-8H2,1-5H3,(H,30,31). The summed E-state index contributed by atoms with van der Waals surface area (Å²) in [5.74, 6) is -3.09. The number of aliphatic hydroxyl groups excluding tert-OH is 2. The van der Waals surface area contributed by atoms with Crippen LogP contribution < -0.4 is 0 Å². The van der Waals surface area contributed by atoms with Gasteiger partial charge in [0.15, 0.2) is 0 Å². The van der Waals surface area contributed by atoms with Gasteiger partial charge in [0.25, 0.3) is 0 Å². The Balaban J connectivity index is 1.85. The van der Waals surface area contributed by atoms with Crippen LogP contribution in [0.4, 0.5) is 0 Å². The van der Waals surface area contributed by atoms with Crippen molar-refractivity contribution in [3.8, 4) is 0 Å². The first-order valence-corrected chi connectivity index (χ1v) is 11.6. The number of rotatable bonds is 7. The molecule has 0 bridgehead atoms. The number of carboxylic acid groups (broad SMARTS) is 1. The summed E-state index contributed by atoms with van der Waals surface area (Å²) in [6.07, 6.45) is -1.48. The Bertz CT molecular complexity index is 856. The monoisotopic (exact) mass is 469 g/mol. The normalized spacial score (nSPS) is 31.3. The number of aliphatic carboxylic acids is 1. The topological polar surface area (TPSA) is 139 Å². The summed E-state index contributed by atoms with van der Waals surface area (Å²) in [7, 11) is 3.22. The number of nitrogens with zero attached hydrogens (tertiary/aromatic N) is 3. The van der Waals surface area contributed by atoms with Crippen LogP contribution in [0.1, 0.15) is 33.6 Å². The van der Waals surface area contributed by atoms with Gasteiger partial charge in [0.2, 0.25) is 17.7 Å². The van der Waals surface area contributed by atoms with Crippen molar-refractivity contribution in [2.75, 3.05) is 20.6 Å². The fourth-order valence-corrected chi connectivity index (χ4v) is 6.44. The maximum absolute atomic E-state index is 12.7. The van der Waals surface area contributed by atoms with Crippen molar-refractivity contribution in [2.45, 2.75) is 63.2 Å². The Kier molecular flexibility index (Phi) is 6.92. The Morgan fingerprint density at radius 1 is 1.22 bits per heavy atom. The Hall–Kier alpha value is -2.11. The summed E-state index contributed by atoms with van der Waals surface area (Å²) in [6.45, 7) is 5.11. The van der Waals surface area contributed by atoms with Crippen LogP contribution in [-0.4, -0.2) is 104 Å². The van der Waals surface area contributed by atoms with Crippen LogP contribution in [0.15, 0.2) is 10.6 Å². The molecule has 3 rings (SSSR count). The number of hydrogen-bond acceptors (Lipinski definition) is 7. The fraction of sp³-hybridized carbons (Fsp3) is 0.714. The average molecular weight is 470 g/mol. The highest BCUT2D eigenvalue weighted by molar-refractivity contribution is 8.03. The van der Waals surface area contributed by atoms with Crippen molar-refractivity contribution in [3.63, 3.8) is 0 Å². The molecule has 0 aromatic carbocycles. The number of aliphatic hydroxyl groups is 2. The Labute approximate surface area is 191 Å². The van der Waals surface area contributed by atoms with Crippen molar-refractivity contribution in [1.29, 1.82) is 0 Å². The van der Waals surface area contributed by atoms with E-state index < -0.39 is 42.1 Å². The third-order valence-corrected chi connectivity index (χ3v) is 7.88. The number of thioether (sulfide) groups is 1. The predicted molar refractivity (Wildman–Crippen MR) is 116 cm³/mol. The summed E-state index contributed by atoms with van der Waals surface area (Å²) in [6, 6.07) is -1.10. The van der Waals surface area contributed by atoms with Crippen LogP contribution in [-0.2, 0) is 19.2 Å². The second-order valence-electron chi connectivity index (χ2n) is 9.10. The third-order valence-electron chi connectivity index (χ3n) is 6.38. The van der Waals surface area contributed by atoms with Gasteiger partial charge in [0, 0.05) is 36.7 Å². The van der Waals surface area contributed by atoms with E-state index in [2.05, 4.69) is 0 Å². The molecule has 3 N–H and O–H groups in total. The van der Waals surface area contributed by atoms with Gasteiger partial charge in [-0.2, -0.15) is 0 Å². The highest BCUT2D eigenvalue weighted by Crippen LogP contribution is 2.52. The van der Waals surface area contributed by atoms with Gasteiger partial charge in [-0.3, -0.25) is 14.4 Å². The molecule has 32 heavy (non-hydrogen) atoms. The predicted octanol–water partition coefficient (Wildman–Crippen LogP) is -0.298. The zero-order valence-electron chi connectivity index (χ0n) is 18.9. The smallest absolute Gasteiger partial charge is 0.353 e. The molecule has 3 aliphatic heterocycles. The molecule has 178 valence electrons. The van der Waals surface area contributed by atoms with E-state index >= 15 is 0 Å². The van der Waals surface area contributed by atoms with Gasteiger partial charge in [-0.15, -0.1) is 11.8 Å². The molecular weight excluding hydrogens is 438 g/mol. The third kappa shape index (κ3) is 4.13. The number of likely N-dealkylation sites (tertiary alicyclic amines) is 1. The zero-order valence-corrected chi connectivity index (χ0v) is 19.7. The molecule has 10 nitrogen and oxygen atoms in total. The van der Waals surface area contributed by atoms with Crippen LogP contribution in [0.3, 0.4) is 0 Å². The molecule has 3 heterocycles. The van der Waals surface area contributed by atoms with Gasteiger partial charge in [0.1, 0.15) is 11.7 Å². The van der Waals surface area contributed by atoms with Crippen molar-refractivity contribution in [2.24, 2.45) is 11.8 Å². The second-order valence-corrected chi connectivity index (χ2v) is 10.4. The molecule has 0 spiro atoms. The SMILES string of the molecule is CC(O)CC(=O)N1CC(SC2=C(C(=O)O)N3C(=O)C(C(C)O)C3C2C)CC1C(=O)N(C)C. The number of fused-ring (bicyclic) bond motifs is 1. The van der Waals surface area contributed by atoms with Crippen LogP contribution in [0, 0.1) is 11.8 Å². The number of likely N-dealkylation sites (N-methyl/N-ethyl adjacent to an activating group) is 1. The van der Waals surface area contributed by atoms with Crippen molar-refractivity contribution < 1.29 is 34.5 Å². The van der Waals surface area contributed by atoms with Gasteiger partial charge in [-0.05, 0) is 20.3 Å². The Morgan fingerprint density at radius 3 is 2.34 bits per heavy atom. The molecule has 3 amide bonds. The summed E-state index contributed by atoms with van der Waals surface area (Å²) in [4.78, 5) is 54.6. The van der Waals surface area contributed by atoms with E-state index in [1.54, 1.807) is 14.1 Å². The number of amides is 3. The van der Waals surface area contributed by atoms with Crippen LogP contribution in [0.2, 0.25) is 0 Å². The van der Waals surface area contributed by atoms with E-state index in [-0.39, 0.29) is 41.6 Å². The van der Waals surface area contributed by atoms with Gasteiger partial charge in [-0.25, -0.2) is 4.79 Å². The molecule has 7 unspecified atom stereocenters. The summed E-state index contributed by atoms with van der Waals surface area (Å²) < 4.78 is 0. The average Bonchev–Trinajstić information content (AvgIpc) is 3.19. The van der Waals surface area contributed by atoms with E-state index in [9.17, 15) is 34.5 Å². The molecule has 2 fully saturated rings. The van der Waals surface area contributed by atoms with E-state index in [1.807, 2.05) is 6.92 Å². The molecule has 7 atom stereocenters. The Morgan fingerprint density at radius 2 is 1.84 bits per heavy atom. The summed E-state index contributed by atoms with van der Waals surface area (Å²) in [5.41, 5.74) is -0.0707. The molecule has 0 aromatic rings. The molecule has 0 saturated carbocycles. The van der Waals surface area contributed by atoms with E-state index in [0.29, 0.717) is 11.3 Å². The van der Waals surface area contributed by atoms with E-state index in [4.69, 9.17) is 0 Å². The highest BCUT2D eigenvalue weighted by atomic mass is 32.2. The number of carbonyl (C=O) groups is 4. The molecule has 11 heteroatoms. The van der Waals surface area contributed by atoms with Crippen LogP contribution in [0.5, 0.6) is 0 Å². The first kappa shape index (κ1) is 24.5. The fourth-order valence-electron chi connectivity index (χ4n) is 4.92. The minimum absolute atomic E-state index is 0.0707. The summed E-state index contributed by atoms with van der Waals surface area (Å²) >= 11 is 1.29. The minimum atomic E-state index is -1.21. The summed E-state index contributed by atoms with van der Waals surface area (Å²) in [5, 5.41) is 29.2. The molecule has 3 aliphatic rings. The lowest BCUT2D eigenvalue weighted by Crippen LogP contribution is -2.63. The van der Waals surface area contributed by atoms with Gasteiger partial charge in [-0.1, -0.05) is 6.92 Å². The minimum Gasteiger partial charge on any atom is -0.477 e. The second kappa shape index (κ2) is 9.03. The molecule has 0 radical (unpaired) electrons. The van der Waals surface area contributed by atoms with Crippen molar-refractivity contribution >= 4 is 35.5 Å². The van der Waals surface area contributed by atoms with E-state index in [0.717, 1.165) is 0 Å². The van der Waals surface area contributed by atoms with Gasteiger partial charge in [0.05, 0.1) is 30.6 Å². The lowest BCUT2D eigenvalue weighted by molar-refractivity contribution is -0.163. The molecular formula is C21H31N3O7S. The molecule has 0 aliphatic carbocycles. The maximum atomic E-state index is 12.7. The van der Waals surface area contributed by atoms with Crippen molar-refractivity contribution in [3.05, 3.63) is 10.6 Å². The highest BCUT2D eigenvalue weighted by Gasteiger charge is 2.60. The first-order chi connectivity index (χ1) is 14.9. The van der Waals surface area contributed by atoms with Gasteiger partial charge < -0.3 is 30.0 Å². The number of carboxylic acids is 1. The maximum Gasteiger partial charge on any atom is 0.353 e. The van der Waals surface area contributed by atoms with Crippen LogP contribution in [0.25, 0.3) is 0 Å². The van der Waals surface area contributed by atoms with Crippen molar-refractivity contribution in [1.82, 2.24) is 14.7 Å². The number of β-lactam (4-membered cyclic amide) rings is 1. The quantitative estimate of drug-likeness (QED) is 0.432. The lowest BCUT2D eigenvalue weighted by Gasteiger charge is -2.46. The lowest BCUT2D eigenvalue weighted by atomic mass is 9.79. The first-order valence-electron chi connectivity index (χ1n) is 10.7. The molecule has 2 saturated heterocycles.